The van der Waals surface area contributed by atoms with Crippen molar-refractivity contribution in [3.05, 3.63) is 74.9 Å². The maximum Gasteiger partial charge on any atom is 0.271 e. The van der Waals surface area contributed by atoms with Crippen molar-refractivity contribution >= 4 is 52.5 Å². The monoisotopic (exact) mass is 615 g/mol. The standard InChI is InChI=1S/C30H32Cl3N5O3/c1-18(39)37-12-9-20(10-13-37)29(40)38-14-11-28(23(17-38)21-5-8-24(32)25(33)15-21)36(2)30(41)27-16-26(34-35-27)19-3-6-22(31)7-4-19/h3-8,15-16,20,23,28H,9-14,17H2,1-2H3,(H,34,35). The Kier molecular flexibility index (Phi) is 8.92. The molecule has 2 atom stereocenters. The fourth-order valence-electron chi connectivity index (χ4n) is 5.91. The summed E-state index contributed by atoms with van der Waals surface area (Å²) in [6.45, 7) is 3.74. The number of hydrogen-bond donors (Lipinski definition) is 1. The van der Waals surface area contributed by atoms with Gasteiger partial charge in [-0.15, -0.1) is 0 Å². The fourth-order valence-corrected chi connectivity index (χ4v) is 6.35. The number of aromatic amines is 1. The molecule has 11 heteroatoms. The number of likely N-dealkylation sites (N-methyl/N-ethyl adjacent to an activating group) is 1. The van der Waals surface area contributed by atoms with Crippen LogP contribution in [0.3, 0.4) is 0 Å². The van der Waals surface area contributed by atoms with E-state index in [1.165, 1.54) is 0 Å². The number of rotatable bonds is 5. The third kappa shape index (κ3) is 6.40. The molecule has 0 radical (unpaired) electrons. The number of H-pyrrole nitrogens is 1. The SMILES string of the molecule is CC(=O)N1CCC(C(=O)N2CCC(N(C)C(=O)c3cc(-c4ccc(Cl)cc4)n[nH]3)C(c3ccc(Cl)c(Cl)c3)C2)CC1. The van der Waals surface area contributed by atoms with Gasteiger partial charge in [-0.25, -0.2) is 0 Å². The summed E-state index contributed by atoms with van der Waals surface area (Å²) in [5.41, 5.74) is 2.79. The highest BCUT2D eigenvalue weighted by Crippen LogP contribution is 2.36. The first-order valence-corrected chi connectivity index (χ1v) is 14.8. The number of piperidine rings is 2. The van der Waals surface area contributed by atoms with Crippen LogP contribution < -0.4 is 0 Å². The van der Waals surface area contributed by atoms with Crippen molar-refractivity contribution in [1.82, 2.24) is 24.9 Å². The third-order valence-electron chi connectivity index (χ3n) is 8.32. The van der Waals surface area contributed by atoms with Crippen LogP contribution in [0.25, 0.3) is 11.3 Å². The number of carbonyl (C=O) groups is 3. The summed E-state index contributed by atoms with van der Waals surface area (Å²) in [6, 6.07) is 14.3. The van der Waals surface area contributed by atoms with Gasteiger partial charge in [-0.2, -0.15) is 5.10 Å². The Hall–Kier alpha value is -3.07. The van der Waals surface area contributed by atoms with E-state index in [2.05, 4.69) is 10.2 Å². The third-order valence-corrected chi connectivity index (χ3v) is 9.31. The number of benzene rings is 2. The number of nitrogens with one attached hydrogen (secondary N) is 1. The number of halogens is 3. The zero-order valence-corrected chi connectivity index (χ0v) is 25.2. The normalized spacial score (nSPS) is 19.7. The first-order valence-electron chi connectivity index (χ1n) is 13.7. The van der Waals surface area contributed by atoms with E-state index < -0.39 is 0 Å². The minimum Gasteiger partial charge on any atom is -0.343 e. The summed E-state index contributed by atoms with van der Waals surface area (Å²) in [6.07, 6.45) is 1.91. The van der Waals surface area contributed by atoms with Gasteiger partial charge >= 0.3 is 0 Å². The molecule has 2 aromatic carbocycles. The van der Waals surface area contributed by atoms with Crippen molar-refractivity contribution in [3.63, 3.8) is 0 Å². The highest BCUT2D eigenvalue weighted by molar-refractivity contribution is 6.42. The molecular formula is C30H32Cl3N5O3. The molecular weight excluding hydrogens is 585 g/mol. The molecule has 0 saturated carbocycles. The van der Waals surface area contributed by atoms with Gasteiger partial charge in [0, 0.05) is 68.6 Å². The lowest BCUT2D eigenvalue weighted by atomic mass is 9.84. The summed E-state index contributed by atoms with van der Waals surface area (Å²) in [4.78, 5) is 44.4. The topological polar surface area (TPSA) is 89.6 Å². The molecule has 3 aromatic rings. The minimum absolute atomic E-state index is 0.0432. The molecule has 0 bridgehead atoms. The van der Waals surface area contributed by atoms with Crippen LogP contribution in [-0.4, -0.2) is 81.9 Å². The predicted molar refractivity (Wildman–Crippen MR) is 160 cm³/mol. The smallest absolute Gasteiger partial charge is 0.271 e. The molecule has 216 valence electrons. The van der Waals surface area contributed by atoms with Crippen LogP contribution in [0.15, 0.2) is 48.5 Å². The Labute approximate surface area is 254 Å². The maximum atomic E-state index is 13.7. The van der Waals surface area contributed by atoms with Gasteiger partial charge in [-0.3, -0.25) is 19.5 Å². The van der Waals surface area contributed by atoms with Crippen LogP contribution >= 0.6 is 34.8 Å². The largest absolute Gasteiger partial charge is 0.343 e. The van der Waals surface area contributed by atoms with Gasteiger partial charge in [0.1, 0.15) is 5.69 Å². The van der Waals surface area contributed by atoms with Crippen LogP contribution in [0.4, 0.5) is 0 Å². The van der Waals surface area contributed by atoms with E-state index in [-0.39, 0.29) is 35.6 Å². The number of nitrogens with zero attached hydrogens (tertiary/aromatic N) is 4. The second kappa shape index (κ2) is 12.4. The van der Waals surface area contributed by atoms with E-state index >= 15 is 0 Å². The summed E-state index contributed by atoms with van der Waals surface area (Å²) < 4.78 is 0. The number of amides is 3. The Balaban J connectivity index is 1.35. The van der Waals surface area contributed by atoms with Gasteiger partial charge in [0.15, 0.2) is 0 Å². The zero-order valence-electron chi connectivity index (χ0n) is 22.9. The first kappa shape index (κ1) is 29.4. The lowest BCUT2D eigenvalue weighted by Gasteiger charge is -2.44. The zero-order chi connectivity index (χ0) is 29.3. The molecule has 2 aliphatic rings. The Morgan fingerprint density at radius 2 is 1.59 bits per heavy atom. The van der Waals surface area contributed by atoms with Gasteiger partial charge in [0.05, 0.1) is 15.7 Å². The van der Waals surface area contributed by atoms with E-state index in [4.69, 9.17) is 34.8 Å². The summed E-state index contributed by atoms with van der Waals surface area (Å²) >= 11 is 18.6. The molecule has 3 amide bonds. The molecule has 0 spiro atoms. The van der Waals surface area contributed by atoms with E-state index in [9.17, 15) is 14.4 Å². The molecule has 8 nitrogen and oxygen atoms in total. The fraction of sp³-hybridized carbons (Fsp3) is 0.400. The van der Waals surface area contributed by atoms with Crippen LogP contribution in [0.1, 0.15) is 48.2 Å². The molecule has 0 aliphatic carbocycles. The van der Waals surface area contributed by atoms with Gasteiger partial charge < -0.3 is 14.7 Å². The van der Waals surface area contributed by atoms with Crippen molar-refractivity contribution < 1.29 is 14.4 Å². The van der Waals surface area contributed by atoms with E-state index in [0.29, 0.717) is 71.9 Å². The molecule has 2 unspecified atom stereocenters. The van der Waals surface area contributed by atoms with Crippen molar-refractivity contribution in [2.24, 2.45) is 5.92 Å². The van der Waals surface area contributed by atoms with Gasteiger partial charge in [-0.05, 0) is 55.2 Å². The summed E-state index contributed by atoms with van der Waals surface area (Å²) in [5.74, 6) is -0.336. The number of aromatic nitrogens is 2. The van der Waals surface area contributed by atoms with Gasteiger partial charge in [0.2, 0.25) is 11.8 Å². The Morgan fingerprint density at radius 1 is 0.902 bits per heavy atom. The number of carbonyl (C=O) groups excluding carboxylic acids is 3. The van der Waals surface area contributed by atoms with Crippen LogP contribution in [-0.2, 0) is 9.59 Å². The van der Waals surface area contributed by atoms with E-state index in [1.807, 2.05) is 29.2 Å². The average Bonchev–Trinajstić information content (AvgIpc) is 3.48. The Morgan fingerprint density at radius 3 is 2.24 bits per heavy atom. The average molecular weight is 617 g/mol. The quantitative estimate of drug-likeness (QED) is 0.395. The first-order chi connectivity index (χ1) is 19.6. The molecule has 5 rings (SSSR count). The highest BCUT2D eigenvalue weighted by Gasteiger charge is 2.39. The Bertz CT molecular complexity index is 1440. The molecule has 41 heavy (non-hydrogen) atoms. The van der Waals surface area contributed by atoms with Crippen molar-refractivity contribution in [1.29, 1.82) is 0 Å². The van der Waals surface area contributed by atoms with Crippen molar-refractivity contribution in [3.8, 4) is 11.3 Å². The van der Waals surface area contributed by atoms with E-state index in [0.717, 1.165) is 11.1 Å². The summed E-state index contributed by atoms with van der Waals surface area (Å²) in [7, 11) is 1.79. The minimum atomic E-state index is -0.191. The molecule has 2 saturated heterocycles. The lowest BCUT2D eigenvalue weighted by molar-refractivity contribution is -0.141. The summed E-state index contributed by atoms with van der Waals surface area (Å²) in [5, 5.41) is 8.73. The maximum absolute atomic E-state index is 13.7. The van der Waals surface area contributed by atoms with Crippen molar-refractivity contribution in [2.45, 2.75) is 38.1 Å². The van der Waals surface area contributed by atoms with Gasteiger partial charge in [-0.1, -0.05) is 53.0 Å². The molecule has 1 N–H and O–H groups in total. The molecule has 2 aliphatic heterocycles. The highest BCUT2D eigenvalue weighted by atomic mass is 35.5. The second-order valence-electron chi connectivity index (χ2n) is 10.8. The van der Waals surface area contributed by atoms with E-state index in [1.54, 1.807) is 48.0 Å². The van der Waals surface area contributed by atoms with Crippen LogP contribution in [0.5, 0.6) is 0 Å². The van der Waals surface area contributed by atoms with Crippen LogP contribution in [0.2, 0.25) is 15.1 Å². The lowest BCUT2D eigenvalue weighted by Crippen LogP contribution is -2.53. The molecule has 1 aromatic heterocycles. The number of likely N-dealkylation sites (tertiary alicyclic amines) is 2. The van der Waals surface area contributed by atoms with Gasteiger partial charge in [0.25, 0.3) is 5.91 Å². The van der Waals surface area contributed by atoms with Crippen LogP contribution in [0, 0.1) is 5.92 Å². The second-order valence-corrected chi connectivity index (χ2v) is 12.0. The molecule has 2 fully saturated rings. The number of hydrogen-bond acceptors (Lipinski definition) is 4. The predicted octanol–water partition coefficient (Wildman–Crippen LogP) is 5.75. The molecule has 3 heterocycles. The van der Waals surface area contributed by atoms with Crippen molar-refractivity contribution in [2.75, 3.05) is 33.2 Å².